The number of thioether (sulfide) groups is 1. The molecule has 1 aromatic rings. The Bertz CT molecular complexity index is 353. The number of hydrogen-bond donors (Lipinski definition) is 2. The lowest BCUT2D eigenvalue weighted by molar-refractivity contribution is 0.194. The van der Waals surface area contributed by atoms with E-state index < -0.39 is 5.54 Å². The van der Waals surface area contributed by atoms with Crippen LogP contribution in [-0.2, 0) is 0 Å². The lowest BCUT2D eigenvalue weighted by atomic mass is 9.99. The van der Waals surface area contributed by atoms with Crippen molar-refractivity contribution < 1.29 is 5.11 Å². The first-order chi connectivity index (χ1) is 7.64. The summed E-state index contributed by atoms with van der Waals surface area (Å²) in [6.45, 7) is 2.00. The average molecular weight is 239 g/mol. The Balaban J connectivity index is 1.92. The number of nitrogens with two attached hydrogens (primary N) is 1. The van der Waals surface area contributed by atoms with Crippen molar-refractivity contribution in [2.45, 2.75) is 30.5 Å². The average Bonchev–Trinajstić information content (AvgIpc) is 3.12. The predicted octanol–water partition coefficient (Wildman–Crippen LogP) is 0.977. The molecule has 0 spiro atoms. The van der Waals surface area contributed by atoms with Crippen LogP contribution in [0.25, 0.3) is 0 Å². The minimum Gasteiger partial charge on any atom is -0.394 e. The maximum absolute atomic E-state index is 9.34. The highest BCUT2D eigenvalue weighted by Crippen LogP contribution is 2.40. The SMILES string of the molecule is Cc1cnc(SCC(N)(CO)C2CC2)nc1. The van der Waals surface area contributed by atoms with Crippen molar-refractivity contribution in [3.05, 3.63) is 18.0 Å². The summed E-state index contributed by atoms with van der Waals surface area (Å²) >= 11 is 1.52. The fourth-order valence-corrected chi connectivity index (χ4v) is 2.58. The van der Waals surface area contributed by atoms with E-state index >= 15 is 0 Å². The second kappa shape index (κ2) is 4.69. The number of aliphatic hydroxyl groups excluding tert-OH is 1. The molecule has 1 heterocycles. The second-order valence-corrected chi connectivity index (χ2v) is 5.44. The maximum Gasteiger partial charge on any atom is 0.187 e. The number of aryl methyl sites for hydroxylation is 1. The molecule has 88 valence electrons. The monoisotopic (exact) mass is 239 g/mol. The Morgan fingerprint density at radius 3 is 2.62 bits per heavy atom. The molecule has 4 nitrogen and oxygen atoms in total. The number of aliphatic hydroxyl groups is 1. The van der Waals surface area contributed by atoms with Gasteiger partial charge in [0.15, 0.2) is 5.16 Å². The number of nitrogens with zero attached hydrogens (tertiary/aromatic N) is 2. The number of rotatable bonds is 5. The summed E-state index contributed by atoms with van der Waals surface area (Å²) in [4.78, 5) is 8.42. The molecule has 0 amide bonds. The molecule has 1 aliphatic carbocycles. The Morgan fingerprint density at radius 1 is 1.50 bits per heavy atom. The molecular weight excluding hydrogens is 222 g/mol. The van der Waals surface area contributed by atoms with Crippen LogP contribution in [0.4, 0.5) is 0 Å². The molecule has 16 heavy (non-hydrogen) atoms. The van der Waals surface area contributed by atoms with Gasteiger partial charge in [-0.05, 0) is 31.2 Å². The Labute approximate surface area is 99.7 Å². The highest BCUT2D eigenvalue weighted by molar-refractivity contribution is 7.99. The van der Waals surface area contributed by atoms with Crippen LogP contribution < -0.4 is 5.73 Å². The van der Waals surface area contributed by atoms with Gasteiger partial charge >= 0.3 is 0 Å². The summed E-state index contributed by atoms with van der Waals surface area (Å²) in [7, 11) is 0. The van der Waals surface area contributed by atoms with E-state index in [-0.39, 0.29) is 6.61 Å². The smallest absolute Gasteiger partial charge is 0.187 e. The predicted molar refractivity (Wildman–Crippen MR) is 64.2 cm³/mol. The van der Waals surface area contributed by atoms with E-state index in [1.54, 1.807) is 12.4 Å². The Kier molecular flexibility index (Phi) is 3.47. The highest BCUT2D eigenvalue weighted by Gasteiger charge is 2.41. The lowest BCUT2D eigenvalue weighted by Gasteiger charge is -2.26. The fraction of sp³-hybridized carbons (Fsp3) is 0.636. The molecule has 5 heteroatoms. The molecule has 1 unspecified atom stereocenters. The molecule has 1 atom stereocenters. The first-order valence-corrected chi connectivity index (χ1v) is 6.44. The quantitative estimate of drug-likeness (QED) is 0.592. The van der Waals surface area contributed by atoms with Gasteiger partial charge in [-0.1, -0.05) is 11.8 Å². The van der Waals surface area contributed by atoms with Crippen LogP contribution in [0.1, 0.15) is 18.4 Å². The van der Waals surface area contributed by atoms with Crippen LogP contribution in [0.3, 0.4) is 0 Å². The zero-order valence-electron chi connectivity index (χ0n) is 9.39. The van der Waals surface area contributed by atoms with Gasteiger partial charge in [-0.15, -0.1) is 0 Å². The van der Waals surface area contributed by atoms with Gasteiger partial charge in [-0.25, -0.2) is 9.97 Å². The second-order valence-electron chi connectivity index (χ2n) is 4.50. The van der Waals surface area contributed by atoms with E-state index in [1.165, 1.54) is 11.8 Å². The van der Waals surface area contributed by atoms with Gasteiger partial charge in [0, 0.05) is 18.1 Å². The van der Waals surface area contributed by atoms with Crippen molar-refractivity contribution in [1.82, 2.24) is 9.97 Å². The summed E-state index contributed by atoms with van der Waals surface area (Å²) in [6, 6.07) is 0. The minimum absolute atomic E-state index is 0.0382. The van der Waals surface area contributed by atoms with Gasteiger partial charge in [0.05, 0.1) is 12.1 Å². The highest BCUT2D eigenvalue weighted by atomic mass is 32.2. The summed E-state index contributed by atoms with van der Waals surface area (Å²) in [6.07, 6.45) is 5.85. The van der Waals surface area contributed by atoms with E-state index in [4.69, 9.17) is 5.73 Å². The van der Waals surface area contributed by atoms with Crippen LogP contribution in [-0.4, -0.2) is 33.0 Å². The minimum atomic E-state index is -0.459. The first-order valence-electron chi connectivity index (χ1n) is 5.45. The molecule has 0 aromatic carbocycles. The zero-order valence-corrected chi connectivity index (χ0v) is 10.2. The standard InChI is InChI=1S/C11H17N3OS/c1-8-4-13-10(14-5-8)16-7-11(12,6-15)9-2-3-9/h4-5,9,15H,2-3,6-7,12H2,1H3. The van der Waals surface area contributed by atoms with Crippen molar-refractivity contribution in [2.75, 3.05) is 12.4 Å². The van der Waals surface area contributed by atoms with Crippen molar-refractivity contribution >= 4 is 11.8 Å². The molecule has 1 fully saturated rings. The van der Waals surface area contributed by atoms with Gasteiger partial charge in [-0.2, -0.15) is 0 Å². The molecule has 0 radical (unpaired) electrons. The molecule has 1 aromatic heterocycles. The third kappa shape index (κ3) is 2.72. The summed E-state index contributed by atoms with van der Waals surface area (Å²) in [5, 5.41) is 10.1. The number of hydrogen-bond acceptors (Lipinski definition) is 5. The lowest BCUT2D eigenvalue weighted by Crippen LogP contribution is -2.48. The fourth-order valence-electron chi connectivity index (χ4n) is 1.61. The largest absolute Gasteiger partial charge is 0.394 e. The van der Waals surface area contributed by atoms with Crippen molar-refractivity contribution in [2.24, 2.45) is 11.7 Å². The molecule has 3 N–H and O–H groups in total. The zero-order chi connectivity index (χ0) is 11.6. The van der Waals surface area contributed by atoms with Gasteiger partial charge in [0.1, 0.15) is 0 Å². The van der Waals surface area contributed by atoms with Gasteiger partial charge in [0.2, 0.25) is 0 Å². The van der Waals surface area contributed by atoms with Crippen LogP contribution in [0.15, 0.2) is 17.6 Å². The summed E-state index contributed by atoms with van der Waals surface area (Å²) in [5.74, 6) is 1.15. The molecule has 1 saturated carbocycles. The van der Waals surface area contributed by atoms with E-state index in [0.717, 1.165) is 23.6 Å². The molecule has 2 rings (SSSR count). The number of aromatic nitrogens is 2. The summed E-state index contributed by atoms with van der Waals surface area (Å²) in [5.41, 5.74) is 6.74. The Morgan fingerprint density at radius 2 is 2.12 bits per heavy atom. The molecule has 0 bridgehead atoms. The topological polar surface area (TPSA) is 72.0 Å². The molecular formula is C11H17N3OS. The normalized spacial score (nSPS) is 19.4. The third-order valence-corrected chi connectivity index (χ3v) is 4.06. The van der Waals surface area contributed by atoms with Crippen molar-refractivity contribution in [3.63, 3.8) is 0 Å². The first kappa shape index (κ1) is 11.8. The van der Waals surface area contributed by atoms with E-state index in [2.05, 4.69) is 9.97 Å². The van der Waals surface area contributed by atoms with E-state index in [0.29, 0.717) is 11.7 Å². The molecule has 0 saturated heterocycles. The third-order valence-electron chi connectivity index (χ3n) is 2.91. The Hall–Kier alpha value is -0.650. The molecule has 0 aliphatic heterocycles. The van der Waals surface area contributed by atoms with Crippen molar-refractivity contribution in [3.8, 4) is 0 Å². The molecule has 1 aliphatic rings. The van der Waals surface area contributed by atoms with Crippen molar-refractivity contribution in [1.29, 1.82) is 0 Å². The van der Waals surface area contributed by atoms with Gasteiger partial charge in [0.25, 0.3) is 0 Å². The van der Waals surface area contributed by atoms with Crippen LogP contribution in [0.2, 0.25) is 0 Å². The van der Waals surface area contributed by atoms with Crippen LogP contribution in [0.5, 0.6) is 0 Å². The maximum atomic E-state index is 9.34. The van der Waals surface area contributed by atoms with E-state index in [9.17, 15) is 5.11 Å². The van der Waals surface area contributed by atoms with Gasteiger partial charge in [-0.3, -0.25) is 0 Å². The van der Waals surface area contributed by atoms with Crippen LogP contribution >= 0.6 is 11.8 Å². The van der Waals surface area contributed by atoms with Gasteiger partial charge < -0.3 is 10.8 Å². The van der Waals surface area contributed by atoms with E-state index in [1.807, 2.05) is 6.92 Å². The summed E-state index contributed by atoms with van der Waals surface area (Å²) < 4.78 is 0. The van der Waals surface area contributed by atoms with Crippen LogP contribution in [0, 0.1) is 12.8 Å².